The fourth-order valence-electron chi connectivity index (χ4n) is 3.05. The maximum Gasteiger partial charge on any atom is 0.0604 e. The average molecular weight is 167 g/mol. The minimum atomic E-state index is 0.494. The van der Waals surface area contributed by atoms with Crippen molar-refractivity contribution in [3.8, 4) is 0 Å². The van der Waals surface area contributed by atoms with Gasteiger partial charge >= 0.3 is 0 Å². The Kier molecular flexibility index (Phi) is 1.51. The van der Waals surface area contributed by atoms with Crippen LogP contribution in [0.1, 0.15) is 33.6 Å². The van der Waals surface area contributed by atoms with Crippen molar-refractivity contribution >= 4 is 5.71 Å². The minimum Gasteiger partial charge on any atom is -0.411 e. The van der Waals surface area contributed by atoms with Crippen LogP contribution in [0.4, 0.5) is 0 Å². The van der Waals surface area contributed by atoms with Gasteiger partial charge in [0, 0.05) is 5.92 Å². The van der Waals surface area contributed by atoms with Gasteiger partial charge in [0.2, 0.25) is 0 Å². The van der Waals surface area contributed by atoms with E-state index in [1.165, 1.54) is 6.42 Å². The van der Waals surface area contributed by atoms with Crippen LogP contribution in [0, 0.1) is 23.2 Å². The van der Waals surface area contributed by atoms with Gasteiger partial charge in [-0.1, -0.05) is 25.9 Å². The third-order valence-electron chi connectivity index (χ3n) is 4.26. The molecule has 68 valence electrons. The third-order valence-corrected chi connectivity index (χ3v) is 4.26. The first-order chi connectivity index (χ1) is 5.57. The van der Waals surface area contributed by atoms with Crippen molar-refractivity contribution in [1.29, 1.82) is 0 Å². The highest BCUT2D eigenvalue weighted by molar-refractivity contribution is 5.88. The molecule has 3 atom stereocenters. The molecule has 0 aromatic carbocycles. The molecule has 2 heteroatoms. The molecule has 1 unspecified atom stereocenters. The first kappa shape index (κ1) is 8.09. The normalized spacial score (nSPS) is 47.2. The van der Waals surface area contributed by atoms with Gasteiger partial charge in [-0.2, -0.15) is 0 Å². The zero-order valence-electron chi connectivity index (χ0n) is 8.04. The van der Waals surface area contributed by atoms with Gasteiger partial charge in [-0.3, -0.25) is 0 Å². The summed E-state index contributed by atoms with van der Waals surface area (Å²) < 4.78 is 0. The maximum absolute atomic E-state index is 8.76. The zero-order chi connectivity index (χ0) is 8.93. The van der Waals surface area contributed by atoms with E-state index < -0.39 is 0 Å². The van der Waals surface area contributed by atoms with Gasteiger partial charge in [0.15, 0.2) is 0 Å². The Balaban J connectivity index is 2.22. The van der Waals surface area contributed by atoms with Crippen LogP contribution in [0.3, 0.4) is 0 Å². The second kappa shape index (κ2) is 2.24. The van der Waals surface area contributed by atoms with Gasteiger partial charge in [0.05, 0.1) is 5.71 Å². The first-order valence-corrected chi connectivity index (χ1v) is 4.78. The molecule has 3 rings (SSSR count). The van der Waals surface area contributed by atoms with Crippen LogP contribution in [0.5, 0.6) is 0 Å². The Bertz CT molecular complexity index is 232. The van der Waals surface area contributed by atoms with E-state index in [2.05, 4.69) is 25.9 Å². The van der Waals surface area contributed by atoms with Crippen LogP contribution >= 0.6 is 0 Å². The van der Waals surface area contributed by atoms with Gasteiger partial charge in [0.25, 0.3) is 0 Å². The Hall–Kier alpha value is -0.530. The van der Waals surface area contributed by atoms with Gasteiger partial charge in [0.1, 0.15) is 0 Å². The summed E-state index contributed by atoms with van der Waals surface area (Å²) >= 11 is 0. The molecule has 0 aromatic heterocycles. The molecule has 0 aliphatic heterocycles. The predicted octanol–water partition coefficient (Wildman–Crippen LogP) is 2.52. The third kappa shape index (κ3) is 0.782. The number of hydrogen-bond acceptors (Lipinski definition) is 2. The van der Waals surface area contributed by atoms with Gasteiger partial charge in [-0.15, -0.1) is 0 Å². The van der Waals surface area contributed by atoms with Crippen LogP contribution in [0.15, 0.2) is 5.16 Å². The number of fused-ring (bicyclic) bond motifs is 2. The Morgan fingerprint density at radius 2 is 2.17 bits per heavy atom. The Morgan fingerprint density at radius 3 is 2.58 bits per heavy atom. The van der Waals surface area contributed by atoms with Gasteiger partial charge in [-0.25, -0.2) is 0 Å². The lowest BCUT2D eigenvalue weighted by molar-refractivity contribution is -0.0534. The SMILES string of the molecule is CC1C(=NO)C[C@H]2C[C@H]1C2(C)C. The maximum atomic E-state index is 8.76. The van der Waals surface area contributed by atoms with Crippen molar-refractivity contribution in [2.75, 3.05) is 0 Å². The van der Waals surface area contributed by atoms with Gasteiger partial charge < -0.3 is 5.21 Å². The molecule has 3 aliphatic rings. The molecule has 2 bridgehead atoms. The van der Waals surface area contributed by atoms with E-state index in [-0.39, 0.29) is 0 Å². The summed E-state index contributed by atoms with van der Waals surface area (Å²) in [4.78, 5) is 0. The second-order valence-electron chi connectivity index (χ2n) is 4.94. The molecular weight excluding hydrogens is 150 g/mol. The molecule has 0 heterocycles. The number of nitrogens with zero attached hydrogens (tertiary/aromatic N) is 1. The van der Waals surface area contributed by atoms with Crippen LogP contribution < -0.4 is 0 Å². The average Bonchev–Trinajstić information content (AvgIpc) is 2.03. The zero-order valence-corrected chi connectivity index (χ0v) is 8.04. The van der Waals surface area contributed by atoms with E-state index in [0.717, 1.165) is 24.0 Å². The lowest BCUT2D eigenvalue weighted by atomic mass is 9.45. The quantitative estimate of drug-likeness (QED) is 0.436. The van der Waals surface area contributed by atoms with E-state index in [1.807, 2.05) is 0 Å². The smallest absolute Gasteiger partial charge is 0.0604 e. The van der Waals surface area contributed by atoms with E-state index in [4.69, 9.17) is 5.21 Å². The highest BCUT2D eigenvalue weighted by atomic mass is 16.4. The van der Waals surface area contributed by atoms with Crippen molar-refractivity contribution in [1.82, 2.24) is 0 Å². The van der Waals surface area contributed by atoms with E-state index >= 15 is 0 Å². The minimum absolute atomic E-state index is 0.494. The summed E-state index contributed by atoms with van der Waals surface area (Å²) in [6.45, 7) is 6.88. The lowest BCUT2D eigenvalue weighted by Gasteiger charge is -2.59. The van der Waals surface area contributed by atoms with Crippen LogP contribution in [0.25, 0.3) is 0 Å². The topological polar surface area (TPSA) is 32.6 Å². The fourth-order valence-corrected chi connectivity index (χ4v) is 3.05. The summed E-state index contributed by atoms with van der Waals surface area (Å²) in [5, 5.41) is 12.1. The number of rotatable bonds is 0. The monoisotopic (exact) mass is 167 g/mol. The molecule has 0 radical (unpaired) electrons. The summed E-state index contributed by atoms with van der Waals surface area (Å²) in [6.07, 6.45) is 2.36. The van der Waals surface area contributed by atoms with Crippen LogP contribution in [0.2, 0.25) is 0 Å². The molecule has 0 aromatic rings. The summed E-state index contributed by atoms with van der Waals surface area (Å²) in [5.41, 5.74) is 1.52. The van der Waals surface area contributed by atoms with Crippen LogP contribution in [-0.2, 0) is 0 Å². The Labute approximate surface area is 73.7 Å². The van der Waals surface area contributed by atoms with Crippen molar-refractivity contribution in [3.63, 3.8) is 0 Å². The molecule has 1 N–H and O–H groups in total. The molecular formula is C10H17NO. The lowest BCUT2D eigenvalue weighted by Crippen LogP contribution is -2.55. The van der Waals surface area contributed by atoms with Crippen molar-refractivity contribution in [2.45, 2.75) is 33.6 Å². The predicted molar refractivity (Wildman–Crippen MR) is 48.4 cm³/mol. The van der Waals surface area contributed by atoms with E-state index in [9.17, 15) is 0 Å². The Morgan fingerprint density at radius 1 is 1.50 bits per heavy atom. The van der Waals surface area contributed by atoms with Crippen molar-refractivity contribution in [3.05, 3.63) is 0 Å². The largest absolute Gasteiger partial charge is 0.411 e. The van der Waals surface area contributed by atoms with Crippen LogP contribution in [-0.4, -0.2) is 10.9 Å². The molecule has 0 saturated heterocycles. The summed E-state index contributed by atoms with van der Waals surface area (Å²) in [6, 6.07) is 0. The molecule has 0 amide bonds. The van der Waals surface area contributed by atoms with E-state index in [0.29, 0.717) is 11.3 Å². The number of hydrogen-bond donors (Lipinski definition) is 1. The molecule has 3 aliphatic carbocycles. The first-order valence-electron chi connectivity index (χ1n) is 4.78. The molecule has 12 heavy (non-hydrogen) atoms. The second-order valence-corrected chi connectivity index (χ2v) is 4.94. The summed E-state index contributed by atoms with van der Waals surface area (Å²) in [7, 11) is 0. The molecule has 3 fully saturated rings. The highest BCUT2D eigenvalue weighted by Gasteiger charge is 2.55. The molecule has 3 saturated carbocycles. The molecule has 2 nitrogen and oxygen atoms in total. The highest BCUT2D eigenvalue weighted by Crippen LogP contribution is 2.60. The standard InChI is InChI=1S/C10H17NO/c1-6-8-4-7(10(8,2)3)5-9(6)11-12/h6-8,12H,4-5H2,1-3H3/t6?,7-,8-/m1/s1. The summed E-state index contributed by atoms with van der Waals surface area (Å²) in [5.74, 6) is 2.02. The molecule has 0 spiro atoms. The fraction of sp³-hybridized carbons (Fsp3) is 0.900. The van der Waals surface area contributed by atoms with Crippen molar-refractivity contribution in [2.24, 2.45) is 28.3 Å². The van der Waals surface area contributed by atoms with Crippen molar-refractivity contribution < 1.29 is 5.21 Å². The number of oxime groups is 1. The van der Waals surface area contributed by atoms with E-state index in [1.54, 1.807) is 0 Å². The van der Waals surface area contributed by atoms with Gasteiger partial charge in [-0.05, 0) is 30.1 Å².